The Labute approximate surface area is 268 Å². The topological polar surface area (TPSA) is 158 Å². The van der Waals surface area contributed by atoms with E-state index in [4.69, 9.17) is 9.88 Å². The fourth-order valence-corrected chi connectivity index (χ4v) is 8.90. The van der Waals surface area contributed by atoms with E-state index < -0.39 is 43.8 Å². The van der Waals surface area contributed by atoms with E-state index in [1.807, 2.05) is 24.3 Å². The third-order valence-corrected chi connectivity index (χ3v) is 11.4. The molecular formula is C29H23BrN4O7S3. The quantitative estimate of drug-likeness (QED) is 0.274. The van der Waals surface area contributed by atoms with Gasteiger partial charge in [0.1, 0.15) is 17.5 Å². The molecule has 3 heterocycles. The highest BCUT2D eigenvalue weighted by Crippen LogP contribution is 2.54. The van der Waals surface area contributed by atoms with E-state index in [9.17, 15) is 27.6 Å². The normalized spacial score (nSPS) is 19.4. The molecule has 226 valence electrons. The van der Waals surface area contributed by atoms with Crippen molar-refractivity contribution < 1.29 is 27.5 Å². The van der Waals surface area contributed by atoms with Crippen molar-refractivity contribution in [2.24, 2.45) is 11.1 Å². The number of ether oxygens (including phenoxy) is 1. The molecule has 2 aliphatic heterocycles. The van der Waals surface area contributed by atoms with Gasteiger partial charge >= 0.3 is 4.87 Å². The highest BCUT2D eigenvalue weighted by Gasteiger charge is 2.56. The molecule has 1 saturated heterocycles. The van der Waals surface area contributed by atoms with E-state index in [0.29, 0.717) is 27.0 Å². The van der Waals surface area contributed by atoms with Crippen molar-refractivity contribution in [2.75, 3.05) is 17.3 Å². The molecule has 0 spiro atoms. The van der Waals surface area contributed by atoms with Crippen LogP contribution in [0.15, 0.2) is 92.0 Å². The van der Waals surface area contributed by atoms with Crippen LogP contribution in [0.5, 0.6) is 5.75 Å². The molecule has 3 aromatic carbocycles. The number of thiazole rings is 1. The summed E-state index contributed by atoms with van der Waals surface area (Å²) < 4.78 is 30.4. The number of imide groups is 1. The van der Waals surface area contributed by atoms with Crippen molar-refractivity contribution >= 4 is 78.1 Å². The van der Waals surface area contributed by atoms with Crippen LogP contribution in [0.1, 0.15) is 16.4 Å². The maximum absolute atomic E-state index is 14.0. The van der Waals surface area contributed by atoms with E-state index in [2.05, 4.69) is 21.2 Å². The lowest BCUT2D eigenvalue weighted by Gasteiger charge is -2.30. The Hall–Kier alpha value is -3.76. The number of carbonyl (C=O) groups excluding carboxylic acids is 3. The van der Waals surface area contributed by atoms with Crippen LogP contribution in [-0.2, 0) is 31.0 Å². The molecule has 3 amide bonds. The molecule has 0 radical (unpaired) electrons. The van der Waals surface area contributed by atoms with Crippen molar-refractivity contribution in [3.8, 4) is 5.75 Å². The molecule has 0 saturated carbocycles. The fourth-order valence-electron chi connectivity index (χ4n) is 5.34. The van der Waals surface area contributed by atoms with E-state index >= 15 is 0 Å². The number of aromatic nitrogens is 1. The molecule has 44 heavy (non-hydrogen) atoms. The molecule has 4 aromatic rings. The number of rotatable bonds is 7. The van der Waals surface area contributed by atoms with Crippen molar-refractivity contribution in [1.82, 2.24) is 4.57 Å². The number of primary sulfonamides is 1. The highest BCUT2D eigenvalue weighted by molar-refractivity contribution is 9.10. The molecule has 2 aliphatic rings. The van der Waals surface area contributed by atoms with Gasteiger partial charge in [0.05, 0.1) is 28.6 Å². The standard InChI is InChI=1S/C29H23BrN4O7S3/c1-41-19-10-8-18(9-11-19)34-26(36)23-22(15-2-4-16(30)5-3-15)25-28(42-24(23)27(34)37)33(29(38)43-25)14-21(35)32-17-6-12-20(13-7-17)44(31,39)40/h2-13,22-24H,14H2,1H3,(H,32,35)(H2,31,39,40). The van der Waals surface area contributed by atoms with Crippen LogP contribution in [-0.4, -0.2) is 43.1 Å². The van der Waals surface area contributed by atoms with Crippen LogP contribution >= 0.6 is 39.0 Å². The largest absolute Gasteiger partial charge is 0.497 e. The Morgan fingerprint density at radius 3 is 2.25 bits per heavy atom. The minimum absolute atomic E-state index is 0.108. The lowest BCUT2D eigenvalue weighted by Crippen LogP contribution is -2.33. The zero-order valence-electron chi connectivity index (χ0n) is 22.8. The first-order chi connectivity index (χ1) is 21.0. The molecule has 11 nitrogen and oxygen atoms in total. The van der Waals surface area contributed by atoms with E-state index in [1.165, 1.54) is 40.8 Å². The number of carbonyl (C=O) groups is 3. The Bertz CT molecular complexity index is 1960. The summed E-state index contributed by atoms with van der Waals surface area (Å²) >= 11 is 5.50. The summed E-state index contributed by atoms with van der Waals surface area (Å²) in [5, 5.41) is 7.41. The Morgan fingerprint density at radius 1 is 0.977 bits per heavy atom. The van der Waals surface area contributed by atoms with Gasteiger partial charge in [-0.2, -0.15) is 0 Å². The van der Waals surface area contributed by atoms with Gasteiger partial charge < -0.3 is 10.1 Å². The number of nitrogens with two attached hydrogens (primary N) is 1. The van der Waals surface area contributed by atoms with Gasteiger partial charge in [0.15, 0.2) is 0 Å². The Kier molecular flexibility index (Phi) is 8.00. The summed E-state index contributed by atoms with van der Waals surface area (Å²) in [6.45, 7) is -0.358. The van der Waals surface area contributed by atoms with Crippen LogP contribution in [0.2, 0.25) is 0 Å². The number of anilines is 2. The van der Waals surface area contributed by atoms with E-state index in [-0.39, 0.29) is 17.3 Å². The van der Waals surface area contributed by atoms with Crippen molar-refractivity contribution in [3.05, 3.63) is 97.4 Å². The predicted octanol–water partition coefficient (Wildman–Crippen LogP) is 3.76. The fraction of sp³-hybridized carbons (Fsp3) is 0.172. The number of benzene rings is 3. The first-order valence-electron chi connectivity index (χ1n) is 13.1. The smallest absolute Gasteiger partial charge is 0.308 e. The molecular weight excluding hydrogens is 692 g/mol. The minimum atomic E-state index is -3.90. The molecule has 3 atom stereocenters. The number of halogens is 1. The zero-order chi connectivity index (χ0) is 31.3. The summed E-state index contributed by atoms with van der Waals surface area (Å²) in [7, 11) is -2.37. The van der Waals surface area contributed by atoms with Gasteiger partial charge in [0, 0.05) is 21.0 Å². The number of nitrogens with zero attached hydrogens (tertiary/aromatic N) is 2. The number of sulfonamides is 1. The number of methoxy groups -OCH3 is 1. The zero-order valence-corrected chi connectivity index (χ0v) is 26.8. The number of nitrogens with one attached hydrogen (secondary N) is 1. The average molecular weight is 716 g/mol. The van der Waals surface area contributed by atoms with Crippen LogP contribution in [0.3, 0.4) is 0 Å². The first kappa shape index (κ1) is 30.3. The van der Waals surface area contributed by atoms with E-state index in [1.54, 1.807) is 24.3 Å². The van der Waals surface area contributed by atoms with Gasteiger partial charge in [0.25, 0.3) is 0 Å². The van der Waals surface area contributed by atoms with Gasteiger partial charge in [-0.3, -0.25) is 23.7 Å². The second kappa shape index (κ2) is 11.6. The van der Waals surface area contributed by atoms with Crippen LogP contribution in [0, 0.1) is 5.92 Å². The Morgan fingerprint density at radius 2 is 1.64 bits per heavy atom. The average Bonchev–Trinajstić information content (AvgIpc) is 3.43. The lowest BCUT2D eigenvalue weighted by atomic mass is 9.83. The second-order valence-electron chi connectivity index (χ2n) is 10.0. The van der Waals surface area contributed by atoms with Crippen molar-refractivity contribution in [2.45, 2.75) is 27.6 Å². The summed E-state index contributed by atoms with van der Waals surface area (Å²) in [4.78, 5) is 55.5. The van der Waals surface area contributed by atoms with Crippen molar-refractivity contribution in [3.63, 3.8) is 0 Å². The Balaban J connectivity index is 1.36. The molecule has 0 aliphatic carbocycles. The lowest BCUT2D eigenvalue weighted by molar-refractivity contribution is -0.122. The van der Waals surface area contributed by atoms with Gasteiger partial charge in [-0.1, -0.05) is 51.2 Å². The third-order valence-electron chi connectivity index (χ3n) is 7.38. The molecule has 0 bridgehead atoms. The number of hydrogen-bond donors (Lipinski definition) is 2. The monoisotopic (exact) mass is 714 g/mol. The van der Waals surface area contributed by atoms with Crippen molar-refractivity contribution in [1.29, 1.82) is 0 Å². The number of amides is 3. The second-order valence-corrected chi connectivity index (χ2v) is 14.6. The van der Waals surface area contributed by atoms with Gasteiger partial charge in [-0.05, 0) is 66.2 Å². The predicted molar refractivity (Wildman–Crippen MR) is 170 cm³/mol. The summed E-state index contributed by atoms with van der Waals surface area (Å²) in [5.74, 6) is -2.11. The SMILES string of the molecule is COc1ccc(N2C(=O)C3Sc4c(sc(=O)n4CC(=O)Nc4ccc(S(N)(=O)=O)cc4)C(c4ccc(Br)cc4)C3C2=O)cc1. The molecule has 3 N–H and O–H groups in total. The van der Waals surface area contributed by atoms with E-state index in [0.717, 1.165) is 33.1 Å². The molecule has 1 fully saturated rings. The summed E-state index contributed by atoms with van der Waals surface area (Å²) in [6.07, 6.45) is 0. The summed E-state index contributed by atoms with van der Waals surface area (Å²) in [5.41, 5.74) is 1.49. The van der Waals surface area contributed by atoms with Crippen LogP contribution in [0.25, 0.3) is 0 Å². The molecule has 15 heteroatoms. The number of hydrogen-bond acceptors (Lipinski definition) is 9. The molecule has 3 unspecified atom stereocenters. The maximum atomic E-state index is 14.0. The van der Waals surface area contributed by atoms with Crippen LogP contribution in [0.4, 0.5) is 11.4 Å². The van der Waals surface area contributed by atoms with Gasteiger partial charge in [-0.15, -0.1) is 0 Å². The van der Waals surface area contributed by atoms with Crippen LogP contribution < -0.4 is 25.0 Å². The first-order valence-corrected chi connectivity index (χ1v) is 17.1. The summed E-state index contributed by atoms with van der Waals surface area (Å²) in [6, 6.07) is 19.3. The minimum Gasteiger partial charge on any atom is -0.497 e. The van der Waals surface area contributed by atoms with Gasteiger partial charge in [0.2, 0.25) is 27.7 Å². The maximum Gasteiger partial charge on any atom is 0.308 e. The molecule has 1 aromatic heterocycles. The number of fused-ring (bicyclic) bond motifs is 2. The number of thioether (sulfide) groups is 1. The third kappa shape index (κ3) is 5.49. The molecule has 6 rings (SSSR count). The highest BCUT2D eigenvalue weighted by atomic mass is 79.9. The van der Waals surface area contributed by atoms with Gasteiger partial charge in [-0.25, -0.2) is 18.5 Å².